The smallest absolute Gasteiger partial charge is 0.263 e. The highest BCUT2D eigenvalue weighted by molar-refractivity contribution is 7.92. The Morgan fingerprint density at radius 3 is 2.12 bits per heavy atom. The molecular weight excluding hydrogens is 320 g/mol. The molecular formula is C19H16N2O2S. The van der Waals surface area contributed by atoms with Gasteiger partial charge in [-0.1, -0.05) is 55.1 Å². The number of nitrogens with zero attached hydrogens (tertiary/aromatic N) is 1. The van der Waals surface area contributed by atoms with Crippen LogP contribution < -0.4 is 4.72 Å². The Hall–Kier alpha value is -2.92. The summed E-state index contributed by atoms with van der Waals surface area (Å²) in [5.41, 5.74) is 2.82. The molecule has 0 atom stereocenters. The van der Waals surface area contributed by atoms with Crippen molar-refractivity contribution in [3.8, 4) is 11.1 Å². The largest absolute Gasteiger partial charge is 0.263 e. The minimum absolute atomic E-state index is 0.191. The number of anilines is 1. The van der Waals surface area contributed by atoms with E-state index in [-0.39, 0.29) is 10.7 Å². The highest BCUT2D eigenvalue weighted by Gasteiger charge is 2.14. The molecule has 0 aliphatic heterocycles. The molecule has 4 nitrogen and oxygen atoms in total. The molecule has 3 rings (SSSR count). The molecule has 0 saturated heterocycles. The number of pyridine rings is 1. The second-order valence-electron chi connectivity index (χ2n) is 5.18. The maximum atomic E-state index is 12.4. The summed E-state index contributed by atoms with van der Waals surface area (Å²) in [5.74, 6) is 0.271. The molecule has 1 heterocycles. The van der Waals surface area contributed by atoms with Gasteiger partial charge in [0.25, 0.3) is 10.0 Å². The van der Waals surface area contributed by atoms with Crippen LogP contribution in [0.5, 0.6) is 0 Å². The average Bonchev–Trinajstić information content (AvgIpc) is 2.63. The van der Waals surface area contributed by atoms with E-state index in [0.29, 0.717) is 0 Å². The van der Waals surface area contributed by atoms with E-state index >= 15 is 0 Å². The lowest BCUT2D eigenvalue weighted by Gasteiger charge is -2.08. The fraction of sp³-hybridized carbons (Fsp3) is 0. The van der Waals surface area contributed by atoms with Crippen molar-refractivity contribution in [3.05, 3.63) is 85.1 Å². The summed E-state index contributed by atoms with van der Waals surface area (Å²) in [6, 6.07) is 19.9. The molecule has 120 valence electrons. The highest BCUT2D eigenvalue weighted by atomic mass is 32.2. The van der Waals surface area contributed by atoms with E-state index in [9.17, 15) is 8.42 Å². The Kier molecular flexibility index (Phi) is 4.44. The summed E-state index contributed by atoms with van der Waals surface area (Å²) in [5, 5.41) is 0. The quantitative estimate of drug-likeness (QED) is 0.760. The summed E-state index contributed by atoms with van der Waals surface area (Å²) in [6.07, 6.45) is 3.21. The number of hydrogen-bond donors (Lipinski definition) is 1. The predicted molar refractivity (Wildman–Crippen MR) is 97.0 cm³/mol. The van der Waals surface area contributed by atoms with E-state index in [1.54, 1.807) is 48.7 Å². The third kappa shape index (κ3) is 3.52. The van der Waals surface area contributed by atoms with Gasteiger partial charge in [-0.05, 0) is 41.0 Å². The molecule has 0 aliphatic rings. The van der Waals surface area contributed by atoms with Gasteiger partial charge in [-0.3, -0.25) is 4.72 Å². The van der Waals surface area contributed by atoms with Gasteiger partial charge in [0.15, 0.2) is 0 Å². The SMILES string of the molecule is C=Cc1ccc(NS(=O)(=O)c2ccc(-c3ccccc3)cc2)nc1. The molecule has 1 N–H and O–H groups in total. The number of benzene rings is 2. The molecule has 24 heavy (non-hydrogen) atoms. The lowest BCUT2D eigenvalue weighted by molar-refractivity contribution is 0.601. The highest BCUT2D eigenvalue weighted by Crippen LogP contribution is 2.22. The molecule has 0 fully saturated rings. The van der Waals surface area contributed by atoms with Crippen LogP contribution in [0, 0.1) is 0 Å². The maximum Gasteiger partial charge on any atom is 0.263 e. The first-order valence-electron chi connectivity index (χ1n) is 7.35. The fourth-order valence-corrected chi connectivity index (χ4v) is 3.25. The van der Waals surface area contributed by atoms with Crippen LogP contribution in [0.2, 0.25) is 0 Å². The Morgan fingerprint density at radius 2 is 1.54 bits per heavy atom. The van der Waals surface area contributed by atoms with Crippen LogP contribution >= 0.6 is 0 Å². The van der Waals surface area contributed by atoms with Crippen molar-refractivity contribution in [1.29, 1.82) is 0 Å². The molecule has 0 spiro atoms. The molecule has 0 unspecified atom stereocenters. The summed E-state index contributed by atoms with van der Waals surface area (Å²) >= 11 is 0. The van der Waals surface area contributed by atoms with Crippen molar-refractivity contribution >= 4 is 21.9 Å². The minimum atomic E-state index is -3.67. The van der Waals surface area contributed by atoms with Crippen LogP contribution in [0.3, 0.4) is 0 Å². The summed E-state index contributed by atoms with van der Waals surface area (Å²) in [6.45, 7) is 3.64. The van der Waals surface area contributed by atoms with Crippen molar-refractivity contribution < 1.29 is 8.42 Å². The monoisotopic (exact) mass is 336 g/mol. The molecule has 2 aromatic carbocycles. The molecule has 0 aliphatic carbocycles. The maximum absolute atomic E-state index is 12.4. The van der Waals surface area contributed by atoms with Crippen molar-refractivity contribution in [2.24, 2.45) is 0 Å². The molecule has 0 bridgehead atoms. The minimum Gasteiger partial charge on any atom is -0.263 e. The number of hydrogen-bond acceptors (Lipinski definition) is 3. The van der Waals surface area contributed by atoms with Crippen LogP contribution in [0.15, 0.2) is 84.4 Å². The molecule has 3 aromatic rings. The van der Waals surface area contributed by atoms with E-state index in [1.165, 1.54) is 0 Å². The molecule has 5 heteroatoms. The topological polar surface area (TPSA) is 59.1 Å². The van der Waals surface area contributed by atoms with Gasteiger partial charge in [0, 0.05) is 6.20 Å². The van der Waals surface area contributed by atoms with Gasteiger partial charge < -0.3 is 0 Å². The van der Waals surface area contributed by atoms with Crippen molar-refractivity contribution in [3.63, 3.8) is 0 Å². The van der Waals surface area contributed by atoms with E-state index in [4.69, 9.17) is 0 Å². The standard InChI is InChI=1S/C19H16N2O2S/c1-2-15-8-13-19(20-14-15)21-24(22,23)18-11-9-17(10-12-18)16-6-4-3-5-7-16/h2-14H,1H2,(H,20,21). The van der Waals surface area contributed by atoms with Gasteiger partial charge in [-0.2, -0.15) is 0 Å². The third-order valence-electron chi connectivity index (χ3n) is 3.53. The van der Waals surface area contributed by atoms with Crippen LogP contribution in [-0.4, -0.2) is 13.4 Å². The molecule has 0 amide bonds. The average molecular weight is 336 g/mol. The number of sulfonamides is 1. The first-order valence-corrected chi connectivity index (χ1v) is 8.83. The van der Waals surface area contributed by atoms with Crippen LogP contribution in [0.4, 0.5) is 5.82 Å². The summed E-state index contributed by atoms with van der Waals surface area (Å²) in [7, 11) is -3.67. The van der Waals surface area contributed by atoms with Crippen LogP contribution in [-0.2, 0) is 10.0 Å². The van der Waals surface area contributed by atoms with Gasteiger partial charge in [-0.25, -0.2) is 13.4 Å². The van der Waals surface area contributed by atoms with Crippen molar-refractivity contribution in [1.82, 2.24) is 4.98 Å². The van der Waals surface area contributed by atoms with Crippen molar-refractivity contribution in [2.75, 3.05) is 4.72 Å². The molecule has 0 saturated carbocycles. The normalized spacial score (nSPS) is 11.0. The van der Waals surface area contributed by atoms with E-state index in [0.717, 1.165) is 16.7 Å². The predicted octanol–water partition coefficient (Wildman–Crippen LogP) is 4.19. The van der Waals surface area contributed by atoms with Gasteiger partial charge in [-0.15, -0.1) is 0 Å². The fourth-order valence-electron chi connectivity index (χ4n) is 2.24. The lowest BCUT2D eigenvalue weighted by Crippen LogP contribution is -2.13. The second-order valence-corrected chi connectivity index (χ2v) is 6.86. The molecule has 0 radical (unpaired) electrons. The zero-order valence-corrected chi connectivity index (χ0v) is 13.7. The summed E-state index contributed by atoms with van der Waals surface area (Å²) < 4.78 is 27.3. The molecule has 1 aromatic heterocycles. The zero-order chi connectivity index (χ0) is 17.0. The second kappa shape index (κ2) is 6.68. The Morgan fingerprint density at radius 1 is 0.875 bits per heavy atom. The first kappa shape index (κ1) is 16.0. The van der Waals surface area contributed by atoms with E-state index < -0.39 is 10.0 Å². The van der Waals surface area contributed by atoms with Gasteiger partial charge in [0.05, 0.1) is 4.90 Å². The Bertz CT molecular complexity index is 933. The van der Waals surface area contributed by atoms with Gasteiger partial charge in [0.1, 0.15) is 5.82 Å². The Labute approximate surface area is 141 Å². The third-order valence-corrected chi connectivity index (χ3v) is 4.90. The first-order chi connectivity index (χ1) is 11.6. The van der Waals surface area contributed by atoms with Gasteiger partial charge >= 0.3 is 0 Å². The number of aromatic nitrogens is 1. The van der Waals surface area contributed by atoms with Crippen LogP contribution in [0.1, 0.15) is 5.56 Å². The summed E-state index contributed by atoms with van der Waals surface area (Å²) in [4.78, 5) is 4.26. The number of rotatable bonds is 5. The van der Waals surface area contributed by atoms with Crippen LogP contribution in [0.25, 0.3) is 17.2 Å². The van der Waals surface area contributed by atoms with E-state index in [2.05, 4.69) is 16.3 Å². The Balaban J connectivity index is 1.82. The van der Waals surface area contributed by atoms with E-state index in [1.807, 2.05) is 30.3 Å². The zero-order valence-electron chi connectivity index (χ0n) is 12.9. The lowest BCUT2D eigenvalue weighted by atomic mass is 10.1. The van der Waals surface area contributed by atoms with Gasteiger partial charge in [0.2, 0.25) is 0 Å². The number of nitrogens with one attached hydrogen (secondary N) is 1. The van der Waals surface area contributed by atoms with Crippen molar-refractivity contribution in [2.45, 2.75) is 4.90 Å².